The third-order valence-electron chi connectivity index (χ3n) is 4.48. The number of halogens is 2. The number of amides is 1. The van der Waals surface area contributed by atoms with Crippen LogP contribution >= 0.6 is 23.2 Å². The highest BCUT2D eigenvalue weighted by Gasteiger charge is 2.17. The van der Waals surface area contributed by atoms with Crippen LogP contribution in [-0.4, -0.2) is 41.0 Å². The van der Waals surface area contributed by atoms with E-state index in [-0.39, 0.29) is 12.3 Å². The molecule has 0 aliphatic carbocycles. The van der Waals surface area contributed by atoms with E-state index in [9.17, 15) is 4.79 Å². The Labute approximate surface area is 184 Å². The summed E-state index contributed by atoms with van der Waals surface area (Å²) in [6.45, 7) is 4.68. The van der Waals surface area contributed by atoms with Gasteiger partial charge in [-0.15, -0.1) is 0 Å². The minimum absolute atomic E-state index is 0.162. The number of nitrogens with zero attached hydrogens (tertiary/aromatic N) is 3. The van der Waals surface area contributed by atoms with Crippen molar-refractivity contribution in [2.75, 3.05) is 25.6 Å². The molecular weight excluding hydrogens is 427 g/mol. The lowest BCUT2D eigenvalue weighted by Crippen LogP contribution is -2.15. The van der Waals surface area contributed by atoms with E-state index in [0.29, 0.717) is 34.8 Å². The molecular formula is C21H22Cl2N4O3. The van der Waals surface area contributed by atoms with E-state index in [0.717, 1.165) is 22.6 Å². The summed E-state index contributed by atoms with van der Waals surface area (Å²) in [6, 6.07) is 8.74. The van der Waals surface area contributed by atoms with Crippen LogP contribution in [0.25, 0.3) is 5.69 Å². The van der Waals surface area contributed by atoms with Gasteiger partial charge in [0.25, 0.3) is 0 Å². The molecule has 2 heterocycles. The summed E-state index contributed by atoms with van der Waals surface area (Å²) in [7, 11) is 1.60. The van der Waals surface area contributed by atoms with Crippen LogP contribution in [0.15, 0.2) is 36.5 Å². The number of anilines is 1. The topological polar surface area (TPSA) is 78.3 Å². The minimum Gasteiger partial charge on any atom is -0.475 e. The van der Waals surface area contributed by atoms with E-state index in [1.54, 1.807) is 42.3 Å². The van der Waals surface area contributed by atoms with Gasteiger partial charge in [0.05, 0.1) is 46.3 Å². The number of ether oxygens (including phenoxy) is 2. The number of aryl methyl sites for hydroxylation is 1. The first-order valence-corrected chi connectivity index (χ1v) is 10.0. The fourth-order valence-corrected chi connectivity index (χ4v) is 3.23. The standard InChI is InChI=1S/C21H22Cl2N4O3/c1-13-17(14(2)27(26-13)16-5-6-18(22)19(23)10-16)11-20(28)25-15-4-7-21(24-12-15)30-9-8-29-3/h4-7,10,12H,8-9,11H2,1-3H3,(H,25,28). The smallest absolute Gasteiger partial charge is 0.228 e. The van der Waals surface area contributed by atoms with Gasteiger partial charge in [-0.3, -0.25) is 4.79 Å². The molecule has 0 fully saturated rings. The Morgan fingerprint density at radius 2 is 1.93 bits per heavy atom. The quantitative estimate of drug-likeness (QED) is 0.516. The predicted molar refractivity (Wildman–Crippen MR) is 117 cm³/mol. The first-order valence-electron chi connectivity index (χ1n) is 9.27. The second kappa shape index (κ2) is 9.93. The summed E-state index contributed by atoms with van der Waals surface area (Å²) in [4.78, 5) is 16.7. The van der Waals surface area contributed by atoms with Crippen molar-refractivity contribution in [2.24, 2.45) is 0 Å². The van der Waals surface area contributed by atoms with Crippen molar-refractivity contribution in [1.29, 1.82) is 0 Å². The van der Waals surface area contributed by atoms with Crippen LogP contribution in [-0.2, 0) is 16.0 Å². The lowest BCUT2D eigenvalue weighted by atomic mass is 10.1. The molecule has 1 N–H and O–H groups in total. The van der Waals surface area contributed by atoms with Gasteiger partial charge >= 0.3 is 0 Å². The molecule has 0 aliphatic heterocycles. The zero-order chi connectivity index (χ0) is 21.7. The number of nitrogens with one attached hydrogen (secondary N) is 1. The van der Waals surface area contributed by atoms with Crippen molar-refractivity contribution in [3.05, 3.63) is 63.5 Å². The maximum atomic E-state index is 12.6. The number of rotatable bonds is 8. The number of hydrogen-bond donors (Lipinski definition) is 1. The van der Waals surface area contributed by atoms with Crippen molar-refractivity contribution in [2.45, 2.75) is 20.3 Å². The number of pyridine rings is 1. The molecule has 0 aliphatic rings. The van der Waals surface area contributed by atoms with Gasteiger partial charge < -0.3 is 14.8 Å². The van der Waals surface area contributed by atoms with E-state index in [1.807, 2.05) is 19.9 Å². The summed E-state index contributed by atoms with van der Waals surface area (Å²) in [5.74, 6) is 0.310. The lowest BCUT2D eigenvalue weighted by Gasteiger charge is -2.08. The van der Waals surface area contributed by atoms with Gasteiger partial charge in [0.2, 0.25) is 11.8 Å². The SMILES string of the molecule is COCCOc1ccc(NC(=O)Cc2c(C)nn(-c3ccc(Cl)c(Cl)c3)c2C)cn1. The second-order valence-corrected chi connectivity index (χ2v) is 7.43. The molecule has 1 aromatic carbocycles. The molecule has 7 nitrogen and oxygen atoms in total. The summed E-state index contributed by atoms with van der Waals surface area (Å²) in [5.41, 5.74) is 3.86. The van der Waals surface area contributed by atoms with Crippen LogP contribution in [0.5, 0.6) is 5.88 Å². The molecule has 2 aromatic heterocycles. The Balaban J connectivity index is 1.68. The first kappa shape index (κ1) is 22.1. The lowest BCUT2D eigenvalue weighted by molar-refractivity contribution is -0.115. The van der Waals surface area contributed by atoms with E-state index >= 15 is 0 Å². The first-order chi connectivity index (χ1) is 14.4. The van der Waals surface area contributed by atoms with Gasteiger partial charge in [0.1, 0.15) is 6.61 Å². The van der Waals surface area contributed by atoms with E-state index in [4.69, 9.17) is 32.7 Å². The average molecular weight is 449 g/mol. The molecule has 0 saturated heterocycles. The van der Waals surface area contributed by atoms with Crippen LogP contribution in [0.2, 0.25) is 10.0 Å². The van der Waals surface area contributed by atoms with E-state index in [1.165, 1.54) is 0 Å². The highest BCUT2D eigenvalue weighted by Crippen LogP contribution is 2.26. The van der Waals surface area contributed by atoms with Gasteiger partial charge in [-0.2, -0.15) is 5.10 Å². The molecule has 1 amide bonds. The summed E-state index contributed by atoms with van der Waals surface area (Å²) in [6.07, 6.45) is 1.74. The van der Waals surface area contributed by atoms with Crippen LogP contribution in [0.3, 0.4) is 0 Å². The molecule has 0 radical (unpaired) electrons. The number of carbonyl (C=O) groups is 1. The average Bonchev–Trinajstić information content (AvgIpc) is 3.00. The van der Waals surface area contributed by atoms with E-state index < -0.39 is 0 Å². The molecule has 30 heavy (non-hydrogen) atoms. The van der Waals surface area contributed by atoms with Gasteiger partial charge in [-0.1, -0.05) is 23.2 Å². The predicted octanol–water partition coefficient (Wildman–Crippen LogP) is 4.40. The largest absolute Gasteiger partial charge is 0.475 e. The highest BCUT2D eigenvalue weighted by molar-refractivity contribution is 6.42. The van der Waals surface area contributed by atoms with Crippen molar-refractivity contribution >= 4 is 34.8 Å². The fourth-order valence-electron chi connectivity index (χ4n) is 2.93. The molecule has 0 bridgehead atoms. The molecule has 0 atom stereocenters. The number of hydrogen-bond acceptors (Lipinski definition) is 5. The van der Waals surface area contributed by atoms with Gasteiger partial charge in [0.15, 0.2) is 0 Å². The van der Waals surface area contributed by atoms with E-state index in [2.05, 4.69) is 15.4 Å². The van der Waals surface area contributed by atoms with Gasteiger partial charge in [0, 0.05) is 24.4 Å². The highest BCUT2D eigenvalue weighted by atomic mass is 35.5. The van der Waals surface area contributed by atoms with Crippen LogP contribution in [0.1, 0.15) is 17.0 Å². The van der Waals surface area contributed by atoms with Crippen LogP contribution in [0, 0.1) is 13.8 Å². The third-order valence-corrected chi connectivity index (χ3v) is 5.22. The third kappa shape index (κ3) is 5.30. The van der Waals surface area contributed by atoms with Crippen LogP contribution in [0.4, 0.5) is 5.69 Å². The van der Waals surface area contributed by atoms with Gasteiger partial charge in [-0.25, -0.2) is 9.67 Å². The Bertz CT molecular complexity index is 1040. The molecule has 0 unspecified atom stereocenters. The van der Waals surface area contributed by atoms with Crippen LogP contribution < -0.4 is 10.1 Å². The maximum absolute atomic E-state index is 12.6. The molecule has 9 heteroatoms. The number of methoxy groups -OCH3 is 1. The maximum Gasteiger partial charge on any atom is 0.228 e. The van der Waals surface area contributed by atoms with Crippen molar-refractivity contribution in [3.63, 3.8) is 0 Å². The summed E-state index contributed by atoms with van der Waals surface area (Å²) in [5, 5.41) is 8.33. The Kier molecular flexibility index (Phi) is 7.31. The zero-order valence-corrected chi connectivity index (χ0v) is 18.4. The van der Waals surface area contributed by atoms with Crippen molar-refractivity contribution in [3.8, 4) is 11.6 Å². The summed E-state index contributed by atoms with van der Waals surface area (Å²) >= 11 is 12.1. The number of benzene rings is 1. The normalized spacial score (nSPS) is 10.8. The molecule has 3 rings (SSSR count). The Hall–Kier alpha value is -2.61. The zero-order valence-electron chi connectivity index (χ0n) is 16.9. The second-order valence-electron chi connectivity index (χ2n) is 6.61. The molecule has 3 aromatic rings. The van der Waals surface area contributed by atoms with Gasteiger partial charge in [-0.05, 0) is 38.1 Å². The van der Waals surface area contributed by atoms with Crippen molar-refractivity contribution in [1.82, 2.24) is 14.8 Å². The Morgan fingerprint density at radius 1 is 1.13 bits per heavy atom. The molecule has 0 saturated carbocycles. The minimum atomic E-state index is -0.162. The monoisotopic (exact) mass is 448 g/mol. The van der Waals surface area contributed by atoms with Crippen molar-refractivity contribution < 1.29 is 14.3 Å². The molecule has 0 spiro atoms. The molecule has 158 valence electrons. The Morgan fingerprint density at radius 3 is 2.60 bits per heavy atom. The number of aromatic nitrogens is 3. The fraction of sp³-hybridized carbons (Fsp3) is 0.286. The summed E-state index contributed by atoms with van der Waals surface area (Å²) < 4.78 is 12.1. The number of carbonyl (C=O) groups excluding carboxylic acids is 1.